The van der Waals surface area contributed by atoms with E-state index in [1.54, 1.807) is 114 Å². The SMILES string of the molecule is CCC(C)C(C(CC(=O)N1CCCC1C(OC)C(C)C(=O)NC(C)C(O)c1ccccc1)OC)N(C)C(=O)CNC(=O)C(C(C)C)N(C)C(=O)OCc1ccc(NC(=O)CNC(=O)C(NC(=O)COCCOCCOCCOc2ccc(N3C(=O)C(Sc4ccccc4)=C(Sc4ccccc4)C3=O)cc2)C(C)C)cc1. The maximum Gasteiger partial charge on any atom is 0.410 e. The minimum Gasteiger partial charge on any atom is -0.491 e. The van der Waals surface area contributed by atoms with Crippen LogP contribution in [-0.4, -0.2) is 216 Å². The van der Waals surface area contributed by atoms with E-state index >= 15 is 0 Å². The first-order valence-corrected chi connectivity index (χ1v) is 38.7. The Balaban J connectivity index is 0.755. The third-order valence-electron chi connectivity index (χ3n) is 19.1. The smallest absolute Gasteiger partial charge is 0.410 e. The van der Waals surface area contributed by atoms with Gasteiger partial charge in [-0.05, 0) is 109 Å². The maximum absolute atomic E-state index is 14.3. The number of imide groups is 1. The number of nitrogens with zero attached hydrogens (tertiary/aromatic N) is 4. The van der Waals surface area contributed by atoms with Crippen LogP contribution in [0.4, 0.5) is 16.2 Å². The second kappa shape index (κ2) is 44.6. The lowest BCUT2D eigenvalue weighted by Crippen LogP contribution is -2.56. The molecule has 29 heteroatoms. The molecule has 0 bridgehead atoms. The molecule has 0 saturated carbocycles. The van der Waals surface area contributed by atoms with E-state index in [-0.39, 0.29) is 82.9 Å². The minimum absolute atomic E-state index is 0.0789. The summed E-state index contributed by atoms with van der Waals surface area (Å²) in [4.78, 5) is 144. The lowest BCUT2D eigenvalue weighted by molar-refractivity contribution is -0.146. The van der Waals surface area contributed by atoms with Gasteiger partial charge in [-0.2, -0.15) is 0 Å². The predicted octanol–water partition coefficient (Wildman–Crippen LogP) is 8.55. The van der Waals surface area contributed by atoms with E-state index in [2.05, 4.69) is 26.6 Å². The Labute approximate surface area is 653 Å². The number of rotatable bonds is 44. The fourth-order valence-corrected chi connectivity index (χ4v) is 15.0. The molecular formula is C81H107N9O18S2. The number of benzene rings is 5. The summed E-state index contributed by atoms with van der Waals surface area (Å²) in [7, 11) is 6.03. The van der Waals surface area contributed by atoms with Gasteiger partial charge in [0.2, 0.25) is 41.4 Å². The number of nitrogens with one attached hydrogen (secondary N) is 5. The number of amides is 10. The molecule has 2 heterocycles. The van der Waals surface area contributed by atoms with Crippen LogP contribution in [0.1, 0.15) is 98.3 Å². The van der Waals surface area contributed by atoms with Crippen molar-refractivity contribution in [2.75, 3.05) is 104 Å². The topological polar surface area (TPSA) is 329 Å². The number of anilines is 2. The Morgan fingerprint density at radius 1 is 0.618 bits per heavy atom. The highest BCUT2D eigenvalue weighted by Gasteiger charge is 2.44. The number of thioether (sulfide) groups is 2. The van der Waals surface area contributed by atoms with Gasteiger partial charge in [-0.3, -0.25) is 48.1 Å². The first-order chi connectivity index (χ1) is 52.8. The van der Waals surface area contributed by atoms with E-state index in [1.165, 1.54) is 54.6 Å². The number of carbonyl (C=O) groups excluding carboxylic acids is 10. The van der Waals surface area contributed by atoms with Gasteiger partial charge in [-0.1, -0.05) is 157 Å². The molecule has 10 unspecified atom stereocenters. The van der Waals surface area contributed by atoms with Gasteiger partial charge in [0, 0.05) is 50.3 Å². The molecule has 1 fully saturated rings. The molecule has 0 radical (unpaired) electrons. The van der Waals surface area contributed by atoms with Crippen molar-refractivity contribution in [3.05, 3.63) is 160 Å². The second-order valence-corrected chi connectivity index (χ2v) is 29.8. The van der Waals surface area contributed by atoms with Crippen LogP contribution in [0.2, 0.25) is 0 Å². The molecule has 10 atom stereocenters. The van der Waals surface area contributed by atoms with Gasteiger partial charge in [-0.25, -0.2) is 9.69 Å². The zero-order valence-corrected chi connectivity index (χ0v) is 66.4. The summed E-state index contributed by atoms with van der Waals surface area (Å²) >= 11 is 2.53. The van der Waals surface area contributed by atoms with E-state index in [0.717, 1.165) is 14.7 Å². The molecule has 0 aromatic heterocycles. The maximum atomic E-state index is 14.3. The number of likely N-dealkylation sites (tertiary alicyclic amines) is 1. The molecule has 2 aliphatic heterocycles. The zero-order valence-electron chi connectivity index (χ0n) is 64.8. The highest BCUT2D eigenvalue weighted by atomic mass is 32.2. The summed E-state index contributed by atoms with van der Waals surface area (Å²) in [5.74, 6) is -5.12. The van der Waals surface area contributed by atoms with Gasteiger partial charge < -0.3 is 74.6 Å². The van der Waals surface area contributed by atoms with Crippen LogP contribution in [0.15, 0.2) is 159 Å². The quantitative estimate of drug-likeness (QED) is 0.0157. The van der Waals surface area contributed by atoms with Crippen molar-refractivity contribution >= 4 is 94.2 Å². The van der Waals surface area contributed by atoms with E-state index in [1.807, 2.05) is 92.7 Å². The molecule has 596 valence electrons. The molecule has 5 aromatic rings. The fraction of sp³-hybridized carbons (Fsp3) is 0.481. The Kier molecular flexibility index (Phi) is 35.7. The largest absolute Gasteiger partial charge is 0.491 e. The Morgan fingerprint density at radius 2 is 1.18 bits per heavy atom. The molecular weight excluding hydrogens is 1450 g/mol. The minimum atomic E-state index is -1.04. The first-order valence-electron chi connectivity index (χ1n) is 37.1. The van der Waals surface area contributed by atoms with Crippen LogP contribution in [0.25, 0.3) is 0 Å². The van der Waals surface area contributed by atoms with Crippen LogP contribution < -0.4 is 36.2 Å². The summed E-state index contributed by atoms with van der Waals surface area (Å²) in [6.45, 7) is 14.7. The zero-order chi connectivity index (χ0) is 80.0. The first kappa shape index (κ1) is 88.0. The van der Waals surface area contributed by atoms with Crippen molar-refractivity contribution in [1.82, 2.24) is 36.0 Å². The number of aliphatic hydroxyl groups excluding tert-OH is 1. The van der Waals surface area contributed by atoms with Gasteiger partial charge in [-0.15, -0.1) is 0 Å². The summed E-state index contributed by atoms with van der Waals surface area (Å²) < 4.78 is 40.1. The summed E-state index contributed by atoms with van der Waals surface area (Å²) in [6.07, 6.45) is -1.31. The van der Waals surface area contributed by atoms with Gasteiger partial charge in [0.1, 0.15) is 37.7 Å². The van der Waals surface area contributed by atoms with Gasteiger partial charge in [0.05, 0.1) is 110 Å². The summed E-state index contributed by atoms with van der Waals surface area (Å²) in [6, 6.07) is 37.4. The van der Waals surface area contributed by atoms with Gasteiger partial charge in [0.15, 0.2) is 0 Å². The third-order valence-corrected chi connectivity index (χ3v) is 21.4. The van der Waals surface area contributed by atoms with E-state index in [0.29, 0.717) is 63.9 Å². The van der Waals surface area contributed by atoms with E-state index in [4.69, 9.17) is 33.2 Å². The molecule has 10 amide bonds. The number of methoxy groups -OCH3 is 2. The molecule has 7 rings (SSSR count). The van der Waals surface area contributed by atoms with Crippen LogP contribution >= 0.6 is 23.5 Å². The number of likely N-dealkylation sites (N-methyl/N-ethyl adjacent to an activating group) is 2. The number of aliphatic hydroxyl groups is 1. The van der Waals surface area contributed by atoms with Crippen LogP contribution in [0.5, 0.6) is 5.75 Å². The van der Waals surface area contributed by atoms with Crippen molar-refractivity contribution in [2.24, 2.45) is 23.7 Å². The summed E-state index contributed by atoms with van der Waals surface area (Å²) in [5.41, 5.74) is 2.03. The van der Waals surface area contributed by atoms with Crippen molar-refractivity contribution in [1.29, 1.82) is 0 Å². The number of carbonyl (C=O) groups is 10. The average molecular weight is 1560 g/mol. The fourth-order valence-electron chi connectivity index (χ4n) is 12.9. The molecule has 6 N–H and O–H groups in total. The van der Waals surface area contributed by atoms with E-state index < -0.39 is 121 Å². The summed E-state index contributed by atoms with van der Waals surface area (Å²) in [5, 5.41) is 24.5. The van der Waals surface area contributed by atoms with Gasteiger partial charge in [0.25, 0.3) is 11.8 Å². The molecule has 2 aliphatic rings. The number of ether oxygens (including phenoxy) is 7. The molecule has 0 spiro atoms. The highest BCUT2D eigenvalue weighted by Crippen LogP contribution is 2.44. The monoisotopic (exact) mass is 1560 g/mol. The standard InChI is InChI=1S/C81H107N9O18S2/c1-13-53(6)71(64(102-11)46-67(93)89-39-23-30-63(89)73(103-12)54(7)76(96)84-55(8)72(95)57-24-17-14-18-25-57)87(9)68(94)48-83-78(98)70(52(4)5)88(10)81(101)108-49-56-31-33-58(34-32-56)85-65(91)47-82-77(97)69(51(2)3)86-66(92)50-106-43-42-104-40-41-105-44-45-107-60-37-35-59(36-38-60)90-79(99)74(109-61-26-19-15-20-27-61)75(80(90)100)110-62-28-21-16-22-29-62/h14-22,24-29,31-38,51-55,63-64,69-73,95H,13,23,30,39-50H2,1-12H3,(H,82,97)(H,83,98)(H,84,96)(H,85,91)(H,86,92). The predicted molar refractivity (Wildman–Crippen MR) is 418 cm³/mol. The Hall–Kier alpha value is -9.20. The van der Waals surface area contributed by atoms with Crippen LogP contribution in [0, 0.1) is 23.7 Å². The van der Waals surface area contributed by atoms with Crippen molar-refractivity contribution < 1.29 is 86.2 Å². The lowest BCUT2D eigenvalue weighted by Gasteiger charge is -2.39. The molecule has 0 aliphatic carbocycles. The van der Waals surface area contributed by atoms with Crippen molar-refractivity contribution in [2.45, 2.75) is 146 Å². The molecule has 27 nitrogen and oxygen atoms in total. The second-order valence-electron chi connectivity index (χ2n) is 27.7. The Morgan fingerprint density at radius 3 is 1.74 bits per heavy atom. The van der Waals surface area contributed by atoms with Crippen molar-refractivity contribution in [3.63, 3.8) is 0 Å². The highest BCUT2D eigenvalue weighted by molar-refractivity contribution is 8.08. The molecule has 1 saturated heterocycles. The lowest BCUT2D eigenvalue weighted by atomic mass is 9.90. The van der Waals surface area contributed by atoms with Crippen LogP contribution in [0.3, 0.4) is 0 Å². The molecule has 5 aromatic carbocycles. The third kappa shape index (κ3) is 25.7. The Bertz CT molecular complexity index is 3800. The normalized spacial score (nSPS) is 16.1. The number of hydrogen-bond donors (Lipinski definition) is 6. The van der Waals surface area contributed by atoms with Gasteiger partial charge >= 0.3 is 6.09 Å². The van der Waals surface area contributed by atoms with Crippen molar-refractivity contribution in [3.8, 4) is 5.75 Å². The number of hydrogen-bond acceptors (Lipinski definition) is 20. The molecule has 110 heavy (non-hydrogen) atoms. The average Bonchev–Trinajstić information content (AvgIpc) is 1.62. The van der Waals surface area contributed by atoms with Crippen LogP contribution in [-0.2, 0) is 78.2 Å². The van der Waals surface area contributed by atoms with E-state index in [9.17, 15) is 53.1 Å².